The van der Waals surface area contributed by atoms with Crippen molar-refractivity contribution in [2.45, 2.75) is 52.4 Å². The monoisotopic (exact) mass is 428 g/mol. The van der Waals surface area contributed by atoms with E-state index in [1.807, 2.05) is 0 Å². The van der Waals surface area contributed by atoms with Crippen molar-refractivity contribution in [3.63, 3.8) is 0 Å². The van der Waals surface area contributed by atoms with Gasteiger partial charge >= 0.3 is 0 Å². The minimum Gasteiger partial charge on any atom is -0.492 e. The predicted octanol–water partition coefficient (Wildman–Crippen LogP) is 7.89. The summed E-state index contributed by atoms with van der Waals surface area (Å²) in [5, 5.41) is 4.50. The largest absolute Gasteiger partial charge is 0.492 e. The molecule has 0 N–H and O–H groups in total. The zero-order chi connectivity index (χ0) is 19.1. The van der Waals surface area contributed by atoms with E-state index in [4.69, 9.17) is 9.47 Å². The summed E-state index contributed by atoms with van der Waals surface area (Å²) in [7, 11) is 0. The van der Waals surface area contributed by atoms with Crippen LogP contribution in [0.3, 0.4) is 0 Å². The number of unbranched alkanes of at least 4 members (excludes halogenated alkanes) is 4. The van der Waals surface area contributed by atoms with Gasteiger partial charge in [0.25, 0.3) is 0 Å². The van der Waals surface area contributed by atoms with E-state index >= 15 is 0 Å². The van der Waals surface area contributed by atoms with Gasteiger partial charge in [0.05, 0.1) is 13.2 Å². The van der Waals surface area contributed by atoms with Crippen LogP contribution in [0.4, 0.5) is 0 Å². The van der Waals surface area contributed by atoms with E-state index < -0.39 is 0 Å². The maximum atomic E-state index is 6.31. The van der Waals surface area contributed by atoms with Crippen molar-refractivity contribution in [3.05, 3.63) is 46.9 Å². The number of rotatable bonds is 10. The van der Waals surface area contributed by atoms with Crippen LogP contribution in [-0.4, -0.2) is 13.2 Å². The summed E-state index contributed by atoms with van der Waals surface area (Å²) in [4.78, 5) is 0. The molecule has 3 rings (SSSR count). The summed E-state index contributed by atoms with van der Waals surface area (Å²) >= 11 is 3.63. The van der Waals surface area contributed by atoms with Gasteiger partial charge in [0, 0.05) is 26.0 Å². The van der Waals surface area contributed by atoms with E-state index in [1.54, 1.807) is 0 Å². The highest BCUT2D eigenvalue weighted by Crippen LogP contribution is 2.43. The lowest BCUT2D eigenvalue weighted by atomic mass is 10.0. The van der Waals surface area contributed by atoms with E-state index in [2.05, 4.69) is 72.2 Å². The smallest absolute Gasteiger partial charge is 0.135 e. The van der Waals surface area contributed by atoms with E-state index in [-0.39, 0.29) is 0 Å². The number of fused-ring (bicyclic) bond motifs is 2. The van der Waals surface area contributed by atoms with E-state index in [0.717, 1.165) is 63.6 Å². The molecule has 0 atom stereocenters. The number of hydrogen-bond donors (Lipinski definition) is 0. The SMILES string of the molecule is CCCCCOc1c2ccccc2c(OCCCCC)c2cc(Br)ccc12. The Morgan fingerprint density at radius 2 is 1.19 bits per heavy atom. The van der Waals surface area contributed by atoms with Gasteiger partial charge in [-0.15, -0.1) is 0 Å². The first-order valence-corrected chi connectivity index (χ1v) is 10.9. The molecule has 0 aromatic heterocycles. The molecule has 0 amide bonds. The molecule has 0 unspecified atom stereocenters. The second-order valence-electron chi connectivity index (χ2n) is 7.00. The molecule has 144 valence electrons. The van der Waals surface area contributed by atoms with Crippen LogP contribution in [0, 0.1) is 0 Å². The Balaban J connectivity index is 2.08. The fourth-order valence-corrected chi connectivity index (χ4v) is 3.80. The summed E-state index contributed by atoms with van der Waals surface area (Å²) in [5.41, 5.74) is 0. The molecule has 0 bridgehead atoms. The van der Waals surface area contributed by atoms with Crippen molar-refractivity contribution in [1.82, 2.24) is 0 Å². The highest BCUT2D eigenvalue weighted by Gasteiger charge is 2.16. The number of hydrogen-bond acceptors (Lipinski definition) is 2. The Kier molecular flexibility index (Phi) is 7.40. The first kappa shape index (κ1) is 20.0. The van der Waals surface area contributed by atoms with Gasteiger partial charge in [0.15, 0.2) is 0 Å². The fourth-order valence-electron chi connectivity index (χ4n) is 3.44. The predicted molar refractivity (Wildman–Crippen MR) is 119 cm³/mol. The molecule has 3 aromatic carbocycles. The number of halogens is 1. The van der Waals surface area contributed by atoms with Gasteiger partial charge in [0.1, 0.15) is 11.5 Å². The maximum Gasteiger partial charge on any atom is 0.135 e. The average molecular weight is 429 g/mol. The van der Waals surface area contributed by atoms with Crippen molar-refractivity contribution in [2.24, 2.45) is 0 Å². The molecular formula is C24H29BrO2. The zero-order valence-electron chi connectivity index (χ0n) is 16.4. The second-order valence-corrected chi connectivity index (χ2v) is 7.92. The third-order valence-electron chi connectivity index (χ3n) is 4.88. The third-order valence-corrected chi connectivity index (χ3v) is 5.37. The molecule has 3 heteroatoms. The first-order valence-electron chi connectivity index (χ1n) is 10.2. The van der Waals surface area contributed by atoms with Crippen LogP contribution in [0.25, 0.3) is 21.5 Å². The van der Waals surface area contributed by atoms with Gasteiger partial charge in [-0.1, -0.05) is 79.7 Å². The van der Waals surface area contributed by atoms with Crippen LogP contribution in [0.1, 0.15) is 52.4 Å². The van der Waals surface area contributed by atoms with Crippen LogP contribution >= 0.6 is 15.9 Å². The van der Waals surface area contributed by atoms with Crippen molar-refractivity contribution in [3.8, 4) is 11.5 Å². The molecule has 27 heavy (non-hydrogen) atoms. The van der Waals surface area contributed by atoms with Crippen LogP contribution in [0.15, 0.2) is 46.9 Å². The summed E-state index contributed by atoms with van der Waals surface area (Å²) in [5.74, 6) is 1.95. The summed E-state index contributed by atoms with van der Waals surface area (Å²) < 4.78 is 13.7. The average Bonchev–Trinajstić information content (AvgIpc) is 2.69. The first-order chi connectivity index (χ1) is 13.3. The molecule has 3 aromatic rings. The number of ether oxygens (including phenoxy) is 2. The quantitative estimate of drug-likeness (QED) is 0.241. The highest BCUT2D eigenvalue weighted by molar-refractivity contribution is 9.10. The van der Waals surface area contributed by atoms with E-state index in [0.29, 0.717) is 0 Å². The van der Waals surface area contributed by atoms with Crippen LogP contribution in [-0.2, 0) is 0 Å². The molecule has 0 heterocycles. The van der Waals surface area contributed by atoms with Crippen molar-refractivity contribution >= 4 is 37.5 Å². The summed E-state index contributed by atoms with van der Waals surface area (Å²) in [6, 6.07) is 14.8. The van der Waals surface area contributed by atoms with Gasteiger partial charge in [-0.25, -0.2) is 0 Å². The highest BCUT2D eigenvalue weighted by atomic mass is 79.9. The standard InChI is InChI=1S/C24H29BrO2/c1-3-5-9-15-26-23-19-11-7-8-12-20(19)24(27-16-10-6-4-2)22-17-18(25)13-14-21(22)23/h7-8,11-14,17H,3-6,9-10,15-16H2,1-2H3. The van der Waals surface area contributed by atoms with Gasteiger partial charge < -0.3 is 9.47 Å². The normalized spacial score (nSPS) is 11.2. The van der Waals surface area contributed by atoms with Gasteiger partial charge in [0.2, 0.25) is 0 Å². The minimum atomic E-state index is 0.746. The van der Waals surface area contributed by atoms with Crippen molar-refractivity contribution in [1.29, 1.82) is 0 Å². The van der Waals surface area contributed by atoms with E-state index in [9.17, 15) is 0 Å². The minimum absolute atomic E-state index is 0.746. The van der Waals surface area contributed by atoms with Gasteiger partial charge in [-0.2, -0.15) is 0 Å². The second kappa shape index (κ2) is 9.98. The maximum absolute atomic E-state index is 6.31. The summed E-state index contributed by atoms with van der Waals surface area (Å²) in [6.45, 7) is 5.93. The molecule has 0 spiro atoms. The zero-order valence-corrected chi connectivity index (χ0v) is 18.0. The lowest BCUT2D eigenvalue weighted by molar-refractivity contribution is 0.308. The Morgan fingerprint density at radius 1 is 0.667 bits per heavy atom. The Bertz CT molecular complexity index is 888. The molecule has 2 nitrogen and oxygen atoms in total. The number of benzene rings is 3. The molecule has 0 saturated carbocycles. The van der Waals surface area contributed by atoms with Gasteiger partial charge in [-0.3, -0.25) is 0 Å². The summed E-state index contributed by atoms with van der Waals surface area (Å²) in [6.07, 6.45) is 6.94. The topological polar surface area (TPSA) is 18.5 Å². The van der Waals surface area contributed by atoms with E-state index in [1.165, 1.54) is 25.7 Å². The molecule has 0 aliphatic rings. The Hall–Kier alpha value is -1.74. The molecule has 0 aliphatic heterocycles. The van der Waals surface area contributed by atoms with Crippen molar-refractivity contribution < 1.29 is 9.47 Å². The molecule has 0 aliphatic carbocycles. The molecule has 0 radical (unpaired) electrons. The van der Waals surface area contributed by atoms with Crippen LogP contribution < -0.4 is 9.47 Å². The van der Waals surface area contributed by atoms with Crippen LogP contribution in [0.2, 0.25) is 0 Å². The van der Waals surface area contributed by atoms with Crippen molar-refractivity contribution in [2.75, 3.05) is 13.2 Å². The lowest BCUT2D eigenvalue weighted by Crippen LogP contribution is -2.02. The Labute approximate surface area is 171 Å². The molecular weight excluding hydrogens is 400 g/mol. The molecule has 0 fully saturated rings. The van der Waals surface area contributed by atoms with Crippen LogP contribution in [0.5, 0.6) is 11.5 Å². The lowest BCUT2D eigenvalue weighted by Gasteiger charge is -2.18. The fraction of sp³-hybridized carbons (Fsp3) is 0.417. The third kappa shape index (κ3) is 4.76. The van der Waals surface area contributed by atoms with Gasteiger partial charge in [-0.05, 0) is 31.0 Å². The Morgan fingerprint density at radius 3 is 1.74 bits per heavy atom. The molecule has 0 saturated heterocycles.